The Bertz CT molecular complexity index is 513. The van der Waals surface area contributed by atoms with Crippen molar-refractivity contribution >= 4 is 21.8 Å². The zero-order chi connectivity index (χ0) is 13.1. The fourth-order valence-electron chi connectivity index (χ4n) is 1.28. The second-order valence-corrected chi connectivity index (χ2v) is 5.02. The van der Waals surface area contributed by atoms with E-state index in [2.05, 4.69) is 4.72 Å². The maximum atomic E-state index is 11.1. The van der Waals surface area contributed by atoms with Gasteiger partial charge in [-0.25, -0.2) is 5.14 Å². The summed E-state index contributed by atoms with van der Waals surface area (Å²) in [6.07, 6.45) is 0. The van der Waals surface area contributed by atoms with Crippen LogP contribution in [0, 0.1) is 0 Å². The van der Waals surface area contributed by atoms with Crippen molar-refractivity contribution in [2.45, 2.75) is 13.5 Å². The molecule has 6 nitrogen and oxygen atoms in total. The van der Waals surface area contributed by atoms with E-state index in [4.69, 9.17) is 5.14 Å². The van der Waals surface area contributed by atoms with Crippen molar-refractivity contribution in [2.75, 3.05) is 11.8 Å². The number of nitrogens with two attached hydrogens (primary N) is 1. The van der Waals surface area contributed by atoms with Crippen LogP contribution < -0.4 is 9.86 Å². The SMILES string of the molecule is CC(=O)N(C)Cc1cccc(NS(N)(=O)=O)c1. The third kappa shape index (κ3) is 4.83. The molecule has 0 spiro atoms. The molecule has 1 rings (SSSR count). The summed E-state index contributed by atoms with van der Waals surface area (Å²) >= 11 is 0. The van der Waals surface area contributed by atoms with E-state index >= 15 is 0 Å². The van der Waals surface area contributed by atoms with Crippen molar-refractivity contribution in [1.29, 1.82) is 0 Å². The summed E-state index contributed by atoms with van der Waals surface area (Å²) < 4.78 is 23.9. The Morgan fingerprint density at radius 1 is 1.47 bits per heavy atom. The summed E-state index contributed by atoms with van der Waals surface area (Å²) in [4.78, 5) is 12.6. The topological polar surface area (TPSA) is 92.5 Å². The molecule has 0 bridgehead atoms. The van der Waals surface area contributed by atoms with Crippen molar-refractivity contribution in [1.82, 2.24) is 4.90 Å². The lowest BCUT2D eigenvalue weighted by molar-refractivity contribution is -0.128. The molecule has 3 N–H and O–H groups in total. The Labute approximate surface area is 101 Å². The van der Waals surface area contributed by atoms with Gasteiger partial charge >= 0.3 is 0 Å². The first-order valence-electron chi connectivity index (χ1n) is 4.89. The predicted molar refractivity (Wildman–Crippen MR) is 65.3 cm³/mol. The summed E-state index contributed by atoms with van der Waals surface area (Å²) in [6, 6.07) is 6.70. The predicted octanol–water partition coefficient (Wildman–Crippen LogP) is 0.280. The highest BCUT2D eigenvalue weighted by Gasteiger charge is 2.06. The summed E-state index contributed by atoms with van der Waals surface area (Å²) in [5.41, 5.74) is 1.19. The Morgan fingerprint density at radius 3 is 2.65 bits per heavy atom. The van der Waals surface area contributed by atoms with Crippen LogP contribution in [0.15, 0.2) is 24.3 Å². The van der Waals surface area contributed by atoms with Crippen LogP contribution in [-0.4, -0.2) is 26.3 Å². The van der Waals surface area contributed by atoms with Gasteiger partial charge in [0.1, 0.15) is 0 Å². The number of nitrogens with one attached hydrogen (secondary N) is 1. The molecule has 1 amide bonds. The minimum atomic E-state index is -3.77. The van der Waals surface area contributed by atoms with Gasteiger partial charge in [0, 0.05) is 20.5 Å². The van der Waals surface area contributed by atoms with Gasteiger partial charge in [-0.05, 0) is 17.7 Å². The van der Waals surface area contributed by atoms with E-state index in [1.807, 2.05) is 0 Å². The highest BCUT2D eigenvalue weighted by Crippen LogP contribution is 2.12. The van der Waals surface area contributed by atoms with Gasteiger partial charge in [-0.3, -0.25) is 9.52 Å². The van der Waals surface area contributed by atoms with Gasteiger partial charge in [0.15, 0.2) is 0 Å². The molecule has 0 radical (unpaired) electrons. The van der Waals surface area contributed by atoms with Crippen LogP contribution in [0.5, 0.6) is 0 Å². The zero-order valence-corrected chi connectivity index (χ0v) is 10.5. The van der Waals surface area contributed by atoms with Crippen molar-refractivity contribution in [3.05, 3.63) is 29.8 Å². The second kappa shape index (κ2) is 5.15. The van der Waals surface area contributed by atoms with Crippen LogP contribution in [0.1, 0.15) is 12.5 Å². The molecule has 0 saturated carbocycles. The highest BCUT2D eigenvalue weighted by molar-refractivity contribution is 7.90. The molecule has 7 heteroatoms. The number of carbonyl (C=O) groups is 1. The minimum Gasteiger partial charge on any atom is -0.342 e. The number of hydrogen-bond donors (Lipinski definition) is 2. The van der Waals surface area contributed by atoms with Gasteiger partial charge in [-0.1, -0.05) is 12.1 Å². The van der Waals surface area contributed by atoms with Gasteiger partial charge in [0.25, 0.3) is 10.2 Å². The molecule has 0 aromatic heterocycles. The molecule has 0 heterocycles. The fraction of sp³-hybridized carbons (Fsp3) is 0.300. The van der Waals surface area contributed by atoms with Gasteiger partial charge in [0.2, 0.25) is 5.91 Å². The molecule has 17 heavy (non-hydrogen) atoms. The summed E-state index contributed by atoms with van der Waals surface area (Å²) in [7, 11) is -2.10. The van der Waals surface area contributed by atoms with Crippen molar-refractivity contribution < 1.29 is 13.2 Å². The molecule has 1 aromatic carbocycles. The summed E-state index contributed by atoms with van der Waals surface area (Å²) in [6.45, 7) is 1.88. The van der Waals surface area contributed by atoms with Gasteiger partial charge in [-0.15, -0.1) is 0 Å². The third-order valence-corrected chi connectivity index (χ3v) is 2.66. The van der Waals surface area contributed by atoms with Crippen LogP contribution in [0.2, 0.25) is 0 Å². The largest absolute Gasteiger partial charge is 0.342 e. The number of anilines is 1. The molecule has 94 valence electrons. The van der Waals surface area contributed by atoms with Crippen LogP contribution in [0.3, 0.4) is 0 Å². The molecule has 0 aliphatic carbocycles. The average Bonchev–Trinajstić information content (AvgIpc) is 2.15. The molecule has 0 saturated heterocycles. The Morgan fingerprint density at radius 2 is 2.12 bits per heavy atom. The maximum Gasteiger partial charge on any atom is 0.296 e. The number of carbonyl (C=O) groups excluding carboxylic acids is 1. The smallest absolute Gasteiger partial charge is 0.296 e. The van der Waals surface area contributed by atoms with Gasteiger partial charge in [-0.2, -0.15) is 8.42 Å². The molecular weight excluding hydrogens is 242 g/mol. The minimum absolute atomic E-state index is 0.0604. The molecule has 0 aliphatic rings. The highest BCUT2D eigenvalue weighted by atomic mass is 32.2. The number of amides is 1. The van der Waals surface area contributed by atoms with E-state index in [0.717, 1.165) is 5.56 Å². The quantitative estimate of drug-likeness (QED) is 0.811. The fourth-order valence-corrected chi connectivity index (χ4v) is 1.74. The number of nitrogens with zero attached hydrogens (tertiary/aromatic N) is 1. The van der Waals surface area contributed by atoms with E-state index in [0.29, 0.717) is 12.2 Å². The first-order chi connectivity index (χ1) is 7.78. The van der Waals surface area contributed by atoms with Gasteiger partial charge < -0.3 is 4.90 Å². The second-order valence-electron chi connectivity index (χ2n) is 3.72. The average molecular weight is 257 g/mol. The molecular formula is C10H15N3O3S. The summed E-state index contributed by atoms with van der Waals surface area (Å²) in [5.74, 6) is -0.0604. The lowest BCUT2D eigenvalue weighted by atomic mass is 10.2. The van der Waals surface area contributed by atoms with Crippen LogP contribution >= 0.6 is 0 Å². The number of benzene rings is 1. The Kier molecular flexibility index (Phi) is 4.08. The number of hydrogen-bond acceptors (Lipinski definition) is 3. The van der Waals surface area contributed by atoms with E-state index < -0.39 is 10.2 Å². The summed E-state index contributed by atoms with van der Waals surface area (Å²) in [5, 5.41) is 4.86. The van der Waals surface area contributed by atoms with E-state index in [1.165, 1.54) is 11.8 Å². The van der Waals surface area contributed by atoms with Crippen LogP contribution in [0.4, 0.5) is 5.69 Å². The standard InChI is InChI=1S/C10H15N3O3S/c1-8(14)13(2)7-9-4-3-5-10(6-9)12-17(11,15)16/h3-6,12H,7H2,1-2H3,(H2,11,15,16). The number of rotatable bonds is 4. The monoisotopic (exact) mass is 257 g/mol. The van der Waals surface area contributed by atoms with Crippen molar-refractivity contribution in [2.24, 2.45) is 5.14 Å². The molecule has 0 atom stereocenters. The molecule has 0 aliphatic heterocycles. The first kappa shape index (κ1) is 13.5. The zero-order valence-electron chi connectivity index (χ0n) is 9.67. The third-order valence-electron chi connectivity index (χ3n) is 2.14. The first-order valence-corrected chi connectivity index (χ1v) is 6.44. The molecule has 1 aromatic rings. The van der Waals surface area contributed by atoms with Crippen LogP contribution in [-0.2, 0) is 21.5 Å². The van der Waals surface area contributed by atoms with E-state index in [-0.39, 0.29) is 5.91 Å². The van der Waals surface area contributed by atoms with Gasteiger partial charge in [0.05, 0.1) is 5.69 Å². The van der Waals surface area contributed by atoms with Crippen molar-refractivity contribution in [3.8, 4) is 0 Å². The van der Waals surface area contributed by atoms with Crippen LogP contribution in [0.25, 0.3) is 0 Å². The molecule has 0 unspecified atom stereocenters. The Hall–Kier alpha value is -1.60. The maximum absolute atomic E-state index is 11.1. The Balaban J connectivity index is 2.83. The van der Waals surface area contributed by atoms with E-state index in [1.54, 1.807) is 31.3 Å². The normalized spacial score (nSPS) is 11.0. The molecule has 0 fully saturated rings. The van der Waals surface area contributed by atoms with Crippen molar-refractivity contribution in [3.63, 3.8) is 0 Å². The van der Waals surface area contributed by atoms with E-state index in [9.17, 15) is 13.2 Å². The lowest BCUT2D eigenvalue weighted by Gasteiger charge is -2.15. The lowest BCUT2D eigenvalue weighted by Crippen LogP contribution is -2.23.